The lowest BCUT2D eigenvalue weighted by Gasteiger charge is -2.26. The maximum Gasteiger partial charge on any atom is 0.236 e. The average molecular weight is 305 g/mol. The fraction of sp³-hybridized carbons (Fsp3) is 0.467. The van der Waals surface area contributed by atoms with Gasteiger partial charge < -0.3 is 15.5 Å². The SMILES string of the molecule is NC1CCC(NC(=O)Cc2coc(-c3cccs3)n2)CC1. The molecule has 0 aliphatic heterocycles. The number of rotatable bonds is 4. The van der Waals surface area contributed by atoms with Crippen LogP contribution in [-0.4, -0.2) is 23.0 Å². The largest absolute Gasteiger partial charge is 0.444 e. The van der Waals surface area contributed by atoms with Crippen molar-refractivity contribution in [2.45, 2.75) is 44.2 Å². The van der Waals surface area contributed by atoms with E-state index in [9.17, 15) is 4.79 Å². The Morgan fingerprint density at radius 2 is 2.24 bits per heavy atom. The van der Waals surface area contributed by atoms with Crippen molar-refractivity contribution in [1.29, 1.82) is 0 Å². The lowest BCUT2D eigenvalue weighted by atomic mass is 9.92. The summed E-state index contributed by atoms with van der Waals surface area (Å²) in [6.45, 7) is 0. The number of nitrogens with zero attached hydrogens (tertiary/aromatic N) is 1. The first-order valence-corrected chi connectivity index (χ1v) is 8.12. The third kappa shape index (κ3) is 3.71. The molecular weight excluding hydrogens is 286 g/mol. The minimum atomic E-state index is 0.00139. The number of carbonyl (C=O) groups excluding carboxylic acids is 1. The summed E-state index contributed by atoms with van der Waals surface area (Å²) in [5.74, 6) is 0.581. The van der Waals surface area contributed by atoms with Gasteiger partial charge in [-0.1, -0.05) is 6.07 Å². The van der Waals surface area contributed by atoms with Crippen molar-refractivity contribution in [3.8, 4) is 10.8 Å². The molecule has 21 heavy (non-hydrogen) atoms. The molecule has 0 aromatic carbocycles. The van der Waals surface area contributed by atoms with Gasteiger partial charge in [0, 0.05) is 12.1 Å². The van der Waals surface area contributed by atoms with E-state index in [4.69, 9.17) is 10.2 Å². The maximum absolute atomic E-state index is 12.0. The van der Waals surface area contributed by atoms with Crippen LogP contribution in [0.15, 0.2) is 28.2 Å². The highest BCUT2D eigenvalue weighted by molar-refractivity contribution is 7.13. The molecule has 112 valence electrons. The summed E-state index contributed by atoms with van der Waals surface area (Å²) in [5.41, 5.74) is 6.54. The summed E-state index contributed by atoms with van der Waals surface area (Å²) >= 11 is 1.57. The fourth-order valence-electron chi connectivity index (χ4n) is 2.61. The first kappa shape index (κ1) is 14.3. The molecule has 0 saturated heterocycles. The van der Waals surface area contributed by atoms with Crippen LogP contribution in [-0.2, 0) is 11.2 Å². The fourth-order valence-corrected chi connectivity index (χ4v) is 3.26. The highest BCUT2D eigenvalue weighted by Gasteiger charge is 2.20. The van der Waals surface area contributed by atoms with Crippen LogP contribution >= 0.6 is 11.3 Å². The molecular formula is C15H19N3O2S. The van der Waals surface area contributed by atoms with Crippen LogP contribution in [0.3, 0.4) is 0 Å². The van der Waals surface area contributed by atoms with Crippen LogP contribution in [0.5, 0.6) is 0 Å². The summed E-state index contributed by atoms with van der Waals surface area (Å²) in [5, 5.41) is 5.03. The summed E-state index contributed by atoms with van der Waals surface area (Å²) < 4.78 is 5.42. The molecule has 1 saturated carbocycles. The molecule has 2 heterocycles. The third-order valence-electron chi connectivity index (χ3n) is 3.76. The van der Waals surface area contributed by atoms with Gasteiger partial charge in [-0.05, 0) is 37.1 Å². The topological polar surface area (TPSA) is 81.1 Å². The molecule has 0 radical (unpaired) electrons. The van der Waals surface area contributed by atoms with Gasteiger partial charge in [0.15, 0.2) is 0 Å². The van der Waals surface area contributed by atoms with E-state index in [1.807, 2.05) is 17.5 Å². The van der Waals surface area contributed by atoms with Crippen molar-refractivity contribution < 1.29 is 9.21 Å². The van der Waals surface area contributed by atoms with Crippen molar-refractivity contribution in [3.63, 3.8) is 0 Å². The van der Waals surface area contributed by atoms with Gasteiger partial charge in [0.2, 0.25) is 11.8 Å². The van der Waals surface area contributed by atoms with E-state index in [-0.39, 0.29) is 18.4 Å². The minimum absolute atomic E-state index is 0.00139. The smallest absolute Gasteiger partial charge is 0.236 e. The summed E-state index contributed by atoms with van der Waals surface area (Å²) in [6.07, 6.45) is 5.72. The summed E-state index contributed by atoms with van der Waals surface area (Å²) in [6, 6.07) is 4.44. The predicted molar refractivity (Wildman–Crippen MR) is 81.9 cm³/mol. The van der Waals surface area contributed by atoms with Gasteiger partial charge in [-0.15, -0.1) is 11.3 Å². The normalized spacial score (nSPS) is 22.1. The predicted octanol–water partition coefficient (Wildman–Crippen LogP) is 2.33. The first-order valence-electron chi connectivity index (χ1n) is 7.24. The lowest BCUT2D eigenvalue weighted by Crippen LogP contribution is -2.41. The second-order valence-corrected chi connectivity index (χ2v) is 6.42. The number of hydrogen-bond donors (Lipinski definition) is 2. The number of oxazole rings is 1. The zero-order chi connectivity index (χ0) is 14.7. The van der Waals surface area contributed by atoms with Crippen molar-refractivity contribution in [3.05, 3.63) is 29.5 Å². The molecule has 0 spiro atoms. The Balaban J connectivity index is 1.53. The second kappa shape index (κ2) is 6.41. The molecule has 1 aliphatic carbocycles. The molecule has 0 unspecified atom stereocenters. The molecule has 2 aromatic rings. The average Bonchev–Trinajstić information content (AvgIpc) is 3.12. The van der Waals surface area contributed by atoms with E-state index in [0.717, 1.165) is 30.6 Å². The van der Waals surface area contributed by atoms with E-state index in [1.165, 1.54) is 0 Å². The molecule has 1 fully saturated rings. The van der Waals surface area contributed by atoms with Crippen LogP contribution in [0, 0.1) is 0 Å². The molecule has 1 amide bonds. The second-order valence-electron chi connectivity index (χ2n) is 5.48. The van der Waals surface area contributed by atoms with E-state index in [1.54, 1.807) is 17.6 Å². The third-order valence-corrected chi connectivity index (χ3v) is 4.62. The van der Waals surface area contributed by atoms with Crippen LogP contribution < -0.4 is 11.1 Å². The number of nitrogens with one attached hydrogen (secondary N) is 1. The molecule has 3 N–H and O–H groups in total. The summed E-state index contributed by atoms with van der Waals surface area (Å²) in [4.78, 5) is 17.4. The van der Waals surface area contributed by atoms with E-state index >= 15 is 0 Å². The Kier molecular flexibility index (Phi) is 4.36. The highest BCUT2D eigenvalue weighted by atomic mass is 32.1. The van der Waals surface area contributed by atoms with Crippen molar-refractivity contribution >= 4 is 17.2 Å². The standard InChI is InChI=1S/C15H19N3O2S/c16-10-3-5-11(6-4-10)17-14(19)8-12-9-20-15(18-12)13-2-1-7-21-13/h1-2,7,9-11H,3-6,8,16H2,(H,17,19). The van der Waals surface area contributed by atoms with Gasteiger partial charge in [0.25, 0.3) is 0 Å². The van der Waals surface area contributed by atoms with Crippen LogP contribution in [0.2, 0.25) is 0 Å². The number of aromatic nitrogens is 1. The number of carbonyl (C=O) groups is 1. The Bertz CT molecular complexity index is 586. The Labute approximate surface area is 127 Å². The lowest BCUT2D eigenvalue weighted by molar-refractivity contribution is -0.121. The van der Waals surface area contributed by atoms with Gasteiger partial charge >= 0.3 is 0 Å². The van der Waals surface area contributed by atoms with E-state index in [0.29, 0.717) is 17.6 Å². The zero-order valence-electron chi connectivity index (χ0n) is 11.7. The Morgan fingerprint density at radius 3 is 2.95 bits per heavy atom. The van der Waals surface area contributed by atoms with E-state index in [2.05, 4.69) is 10.3 Å². The zero-order valence-corrected chi connectivity index (χ0v) is 12.6. The number of thiophene rings is 1. The van der Waals surface area contributed by atoms with Gasteiger partial charge in [-0.25, -0.2) is 4.98 Å². The molecule has 0 bridgehead atoms. The minimum Gasteiger partial charge on any atom is -0.444 e. The van der Waals surface area contributed by atoms with Crippen molar-refractivity contribution in [2.75, 3.05) is 0 Å². The molecule has 6 heteroatoms. The van der Waals surface area contributed by atoms with Crippen LogP contribution in [0.4, 0.5) is 0 Å². The van der Waals surface area contributed by atoms with Gasteiger partial charge in [-0.3, -0.25) is 4.79 Å². The quantitative estimate of drug-likeness (QED) is 0.908. The first-order chi connectivity index (χ1) is 10.2. The van der Waals surface area contributed by atoms with Crippen molar-refractivity contribution in [2.24, 2.45) is 5.73 Å². The monoisotopic (exact) mass is 305 g/mol. The number of hydrogen-bond acceptors (Lipinski definition) is 5. The van der Waals surface area contributed by atoms with Gasteiger partial charge in [0.1, 0.15) is 6.26 Å². The maximum atomic E-state index is 12.0. The van der Waals surface area contributed by atoms with E-state index < -0.39 is 0 Å². The van der Waals surface area contributed by atoms with Gasteiger partial charge in [-0.2, -0.15) is 0 Å². The summed E-state index contributed by atoms with van der Waals surface area (Å²) in [7, 11) is 0. The Morgan fingerprint density at radius 1 is 1.43 bits per heavy atom. The molecule has 0 atom stereocenters. The number of amides is 1. The molecule has 2 aromatic heterocycles. The van der Waals surface area contributed by atoms with Crippen molar-refractivity contribution in [1.82, 2.24) is 10.3 Å². The molecule has 3 rings (SSSR count). The van der Waals surface area contributed by atoms with Crippen LogP contribution in [0.25, 0.3) is 10.8 Å². The molecule has 5 nitrogen and oxygen atoms in total. The highest BCUT2D eigenvalue weighted by Crippen LogP contribution is 2.23. The van der Waals surface area contributed by atoms with Crippen LogP contribution in [0.1, 0.15) is 31.4 Å². The molecule has 1 aliphatic rings. The van der Waals surface area contributed by atoms with Gasteiger partial charge in [0.05, 0.1) is 17.0 Å². The number of nitrogens with two attached hydrogens (primary N) is 1. The Hall–Kier alpha value is -1.66.